The highest BCUT2D eigenvalue weighted by Crippen LogP contribution is 2.28. The number of rotatable bonds is 4. The Balaban J connectivity index is 2.26. The topological polar surface area (TPSA) is 37.4 Å². The summed E-state index contributed by atoms with van der Waals surface area (Å²) in [5, 5.41) is 3.60. The molecule has 0 saturated carbocycles. The molecule has 1 N–H and O–H groups in total. The number of aromatic nitrogens is 1. The van der Waals surface area contributed by atoms with E-state index in [2.05, 4.69) is 29.0 Å². The van der Waals surface area contributed by atoms with Crippen LogP contribution < -0.4 is 15.0 Å². The highest BCUT2D eigenvalue weighted by atomic mass is 16.5. The molecule has 2 heterocycles. The summed E-state index contributed by atoms with van der Waals surface area (Å²) in [4.78, 5) is 6.91. The highest BCUT2D eigenvalue weighted by molar-refractivity contribution is 5.53. The van der Waals surface area contributed by atoms with Crippen molar-refractivity contribution in [3.63, 3.8) is 0 Å². The standard InChI is InChI=1S/C14H23N3O/c1-4-11-10-17(12(5-2)9-16-11)14-13(18-3)7-6-8-15-14/h6-8,11-12,16H,4-5,9-10H2,1-3H3. The number of methoxy groups -OCH3 is 1. The number of nitrogens with one attached hydrogen (secondary N) is 1. The van der Waals surface area contributed by atoms with Crippen LogP contribution in [0.15, 0.2) is 18.3 Å². The number of ether oxygens (including phenoxy) is 1. The van der Waals surface area contributed by atoms with Gasteiger partial charge in [0.2, 0.25) is 0 Å². The molecule has 2 rings (SSSR count). The first kappa shape index (κ1) is 13.1. The molecule has 0 aliphatic carbocycles. The summed E-state index contributed by atoms with van der Waals surface area (Å²) in [6.07, 6.45) is 4.10. The Bertz CT molecular complexity index is 383. The van der Waals surface area contributed by atoms with E-state index in [-0.39, 0.29) is 0 Å². The summed E-state index contributed by atoms with van der Waals surface area (Å²) < 4.78 is 5.44. The van der Waals surface area contributed by atoms with Gasteiger partial charge >= 0.3 is 0 Å². The zero-order chi connectivity index (χ0) is 13.0. The maximum atomic E-state index is 5.44. The fourth-order valence-electron chi connectivity index (χ4n) is 2.52. The van der Waals surface area contributed by atoms with Crippen LogP contribution in [0.1, 0.15) is 26.7 Å². The van der Waals surface area contributed by atoms with Gasteiger partial charge in [-0.2, -0.15) is 0 Å². The van der Waals surface area contributed by atoms with Gasteiger partial charge in [-0.3, -0.25) is 0 Å². The molecular formula is C14H23N3O. The summed E-state index contributed by atoms with van der Waals surface area (Å²) in [5.74, 6) is 1.85. The minimum absolute atomic E-state index is 0.497. The fraction of sp³-hybridized carbons (Fsp3) is 0.643. The van der Waals surface area contributed by atoms with Crippen molar-refractivity contribution < 1.29 is 4.74 Å². The van der Waals surface area contributed by atoms with Crippen molar-refractivity contribution in [3.8, 4) is 5.75 Å². The Hall–Kier alpha value is -1.29. The molecule has 2 unspecified atom stereocenters. The van der Waals surface area contributed by atoms with Crippen LogP contribution in [0.5, 0.6) is 5.75 Å². The lowest BCUT2D eigenvalue weighted by Gasteiger charge is -2.41. The summed E-state index contributed by atoms with van der Waals surface area (Å²) in [5.41, 5.74) is 0. The predicted molar refractivity (Wildman–Crippen MR) is 74.3 cm³/mol. The van der Waals surface area contributed by atoms with Crippen molar-refractivity contribution in [1.82, 2.24) is 10.3 Å². The minimum atomic E-state index is 0.497. The summed E-state index contributed by atoms with van der Waals surface area (Å²) in [6.45, 7) is 6.47. The van der Waals surface area contributed by atoms with E-state index in [4.69, 9.17) is 4.74 Å². The van der Waals surface area contributed by atoms with E-state index in [1.165, 1.54) is 0 Å². The van der Waals surface area contributed by atoms with E-state index >= 15 is 0 Å². The molecule has 0 aromatic carbocycles. The lowest BCUT2D eigenvalue weighted by Crippen LogP contribution is -2.56. The zero-order valence-corrected chi connectivity index (χ0v) is 11.5. The van der Waals surface area contributed by atoms with Crippen LogP contribution in [0.25, 0.3) is 0 Å². The summed E-state index contributed by atoms with van der Waals surface area (Å²) >= 11 is 0. The molecule has 18 heavy (non-hydrogen) atoms. The fourth-order valence-corrected chi connectivity index (χ4v) is 2.52. The first-order chi connectivity index (χ1) is 8.80. The maximum absolute atomic E-state index is 5.44. The summed E-state index contributed by atoms with van der Waals surface area (Å²) in [6, 6.07) is 4.94. The number of nitrogens with zero attached hydrogens (tertiary/aromatic N) is 2. The molecule has 0 bridgehead atoms. The van der Waals surface area contributed by atoms with Gasteiger partial charge in [-0.15, -0.1) is 0 Å². The zero-order valence-electron chi connectivity index (χ0n) is 11.5. The Morgan fingerprint density at radius 3 is 2.94 bits per heavy atom. The molecule has 1 fully saturated rings. The lowest BCUT2D eigenvalue weighted by atomic mass is 10.1. The number of hydrogen-bond acceptors (Lipinski definition) is 4. The van der Waals surface area contributed by atoms with Crippen LogP contribution in [0.4, 0.5) is 5.82 Å². The molecule has 4 nitrogen and oxygen atoms in total. The number of hydrogen-bond donors (Lipinski definition) is 1. The molecule has 0 amide bonds. The highest BCUT2D eigenvalue weighted by Gasteiger charge is 2.28. The Morgan fingerprint density at radius 1 is 1.44 bits per heavy atom. The van der Waals surface area contributed by atoms with E-state index in [9.17, 15) is 0 Å². The molecule has 4 heteroatoms. The normalized spacial score (nSPS) is 24.1. The van der Waals surface area contributed by atoms with Gasteiger partial charge in [-0.25, -0.2) is 4.98 Å². The van der Waals surface area contributed by atoms with Crippen LogP contribution in [-0.4, -0.2) is 37.3 Å². The van der Waals surface area contributed by atoms with Gasteiger partial charge < -0.3 is 15.0 Å². The van der Waals surface area contributed by atoms with Crippen molar-refractivity contribution in [2.75, 3.05) is 25.1 Å². The summed E-state index contributed by atoms with van der Waals surface area (Å²) in [7, 11) is 1.71. The number of piperazine rings is 1. The number of pyridine rings is 1. The average Bonchev–Trinajstić information content (AvgIpc) is 2.46. The van der Waals surface area contributed by atoms with Crippen molar-refractivity contribution >= 4 is 5.82 Å². The molecule has 1 aromatic heterocycles. The maximum Gasteiger partial charge on any atom is 0.171 e. The third-order valence-corrected chi connectivity index (χ3v) is 3.71. The smallest absolute Gasteiger partial charge is 0.171 e. The van der Waals surface area contributed by atoms with E-state index in [0.717, 1.165) is 37.5 Å². The van der Waals surface area contributed by atoms with E-state index in [1.807, 2.05) is 18.3 Å². The SMILES string of the molecule is CCC1CN(c2ncccc2OC)C(CC)CN1. The van der Waals surface area contributed by atoms with E-state index in [1.54, 1.807) is 7.11 Å². The van der Waals surface area contributed by atoms with Crippen molar-refractivity contribution in [3.05, 3.63) is 18.3 Å². The van der Waals surface area contributed by atoms with Crippen molar-refractivity contribution in [2.45, 2.75) is 38.8 Å². The molecule has 0 radical (unpaired) electrons. The molecule has 1 aliphatic heterocycles. The second-order valence-electron chi connectivity index (χ2n) is 4.76. The van der Waals surface area contributed by atoms with Gasteiger partial charge in [0.05, 0.1) is 7.11 Å². The second-order valence-corrected chi connectivity index (χ2v) is 4.76. The van der Waals surface area contributed by atoms with Crippen LogP contribution >= 0.6 is 0 Å². The Labute approximate surface area is 109 Å². The lowest BCUT2D eigenvalue weighted by molar-refractivity contribution is 0.366. The van der Waals surface area contributed by atoms with Gasteiger partial charge in [0.25, 0.3) is 0 Å². The van der Waals surface area contributed by atoms with Crippen LogP contribution in [0.2, 0.25) is 0 Å². The second kappa shape index (κ2) is 6.05. The Kier molecular flexibility index (Phi) is 4.42. The molecule has 1 saturated heterocycles. The predicted octanol–water partition coefficient (Wildman–Crippen LogP) is 2.06. The van der Waals surface area contributed by atoms with Crippen LogP contribution in [-0.2, 0) is 0 Å². The van der Waals surface area contributed by atoms with Crippen LogP contribution in [0, 0.1) is 0 Å². The van der Waals surface area contributed by atoms with E-state index < -0.39 is 0 Å². The first-order valence-electron chi connectivity index (χ1n) is 6.79. The quantitative estimate of drug-likeness (QED) is 0.886. The third-order valence-electron chi connectivity index (χ3n) is 3.71. The molecule has 1 aromatic rings. The molecule has 1 aliphatic rings. The average molecular weight is 249 g/mol. The van der Waals surface area contributed by atoms with Gasteiger partial charge in [-0.1, -0.05) is 13.8 Å². The largest absolute Gasteiger partial charge is 0.493 e. The third kappa shape index (κ3) is 2.58. The molecule has 2 atom stereocenters. The van der Waals surface area contributed by atoms with Gasteiger partial charge in [0.1, 0.15) is 0 Å². The molecule has 0 spiro atoms. The molecular weight excluding hydrogens is 226 g/mol. The Morgan fingerprint density at radius 2 is 2.28 bits per heavy atom. The van der Waals surface area contributed by atoms with Crippen molar-refractivity contribution in [2.24, 2.45) is 0 Å². The van der Waals surface area contributed by atoms with Gasteiger partial charge in [0, 0.05) is 31.4 Å². The number of anilines is 1. The van der Waals surface area contributed by atoms with Crippen LogP contribution in [0.3, 0.4) is 0 Å². The minimum Gasteiger partial charge on any atom is -0.493 e. The first-order valence-corrected chi connectivity index (χ1v) is 6.79. The monoisotopic (exact) mass is 249 g/mol. The van der Waals surface area contributed by atoms with E-state index in [0.29, 0.717) is 12.1 Å². The van der Waals surface area contributed by atoms with Gasteiger partial charge in [-0.05, 0) is 25.0 Å². The van der Waals surface area contributed by atoms with Gasteiger partial charge in [0.15, 0.2) is 11.6 Å². The van der Waals surface area contributed by atoms with Crippen molar-refractivity contribution in [1.29, 1.82) is 0 Å². The molecule has 100 valence electrons.